The fourth-order valence-electron chi connectivity index (χ4n) is 4.06. The third-order valence-corrected chi connectivity index (χ3v) is 5.86. The summed E-state index contributed by atoms with van der Waals surface area (Å²) in [6.07, 6.45) is 1.96. The molecule has 2 heterocycles. The second-order valence-electron chi connectivity index (χ2n) is 7.89. The van der Waals surface area contributed by atoms with Crippen molar-refractivity contribution in [1.82, 2.24) is 4.40 Å². The minimum absolute atomic E-state index is 0.0310. The van der Waals surface area contributed by atoms with Crippen molar-refractivity contribution in [2.75, 3.05) is 37.0 Å². The molecule has 4 nitrogen and oxygen atoms in total. The lowest BCUT2D eigenvalue weighted by Gasteiger charge is -2.21. The van der Waals surface area contributed by atoms with Crippen molar-refractivity contribution in [3.05, 3.63) is 90.3 Å². The van der Waals surface area contributed by atoms with Gasteiger partial charge in [-0.25, -0.2) is 0 Å². The van der Waals surface area contributed by atoms with Crippen LogP contribution in [0.3, 0.4) is 0 Å². The summed E-state index contributed by atoms with van der Waals surface area (Å²) in [6, 6.07) is 24.4. The molecular formula is C27H29N3O. The van der Waals surface area contributed by atoms with Crippen LogP contribution in [-0.4, -0.2) is 37.4 Å². The van der Waals surface area contributed by atoms with Gasteiger partial charge >= 0.3 is 0 Å². The third kappa shape index (κ3) is 3.93. The van der Waals surface area contributed by atoms with E-state index in [1.165, 1.54) is 0 Å². The van der Waals surface area contributed by atoms with E-state index < -0.39 is 0 Å². The Morgan fingerprint density at radius 2 is 1.48 bits per heavy atom. The minimum atomic E-state index is 0.0310. The van der Waals surface area contributed by atoms with Crippen LogP contribution in [0.15, 0.2) is 79.0 Å². The van der Waals surface area contributed by atoms with Crippen LogP contribution < -0.4 is 9.80 Å². The Hall–Kier alpha value is -3.53. The van der Waals surface area contributed by atoms with Crippen LogP contribution in [0.25, 0.3) is 16.6 Å². The zero-order valence-corrected chi connectivity index (χ0v) is 18.7. The zero-order chi connectivity index (χ0) is 22.0. The number of carbonyl (C=O) groups excluding carboxylic acids is 1. The first-order chi connectivity index (χ1) is 15.0. The van der Waals surface area contributed by atoms with E-state index >= 15 is 0 Å². The summed E-state index contributed by atoms with van der Waals surface area (Å²) in [7, 11) is 4.07. The Balaban J connectivity index is 1.74. The molecule has 0 fully saturated rings. The number of benzene rings is 2. The van der Waals surface area contributed by atoms with Crippen LogP contribution in [0.4, 0.5) is 11.4 Å². The fourth-order valence-corrected chi connectivity index (χ4v) is 4.06. The Morgan fingerprint density at radius 1 is 0.839 bits per heavy atom. The number of rotatable bonds is 7. The molecule has 0 saturated carbocycles. The summed E-state index contributed by atoms with van der Waals surface area (Å²) in [5.74, 6) is 0.0310. The average molecular weight is 412 g/mol. The number of anilines is 2. The van der Waals surface area contributed by atoms with Gasteiger partial charge in [0, 0.05) is 55.9 Å². The van der Waals surface area contributed by atoms with E-state index in [-0.39, 0.29) is 5.78 Å². The first-order valence-electron chi connectivity index (χ1n) is 10.8. The van der Waals surface area contributed by atoms with Gasteiger partial charge in [-0.3, -0.25) is 4.79 Å². The summed E-state index contributed by atoms with van der Waals surface area (Å²) >= 11 is 0. The molecule has 0 aliphatic rings. The van der Waals surface area contributed by atoms with E-state index in [4.69, 9.17) is 0 Å². The largest absolute Gasteiger partial charge is 0.378 e. The van der Waals surface area contributed by atoms with E-state index in [1.807, 2.05) is 67.2 Å². The molecule has 0 saturated heterocycles. The molecule has 31 heavy (non-hydrogen) atoms. The molecule has 158 valence electrons. The SMILES string of the molecule is CCN(CC)c1ccc(C(=O)c2cc(-c3ccc(N(C)C)cc3)c3ccccn23)cc1. The number of pyridine rings is 1. The maximum absolute atomic E-state index is 13.4. The van der Waals surface area contributed by atoms with E-state index in [0.717, 1.165) is 41.1 Å². The number of nitrogens with zero attached hydrogens (tertiary/aromatic N) is 3. The quantitative estimate of drug-likeness (QED) is 0.363. The number of hydrogen-bond donors (Lipinski definition) is 0. The van der Waals surface area contributed by atoms with E-state index in [1.54, 1.807) is 0 Å². The van der Waals surface area contributed by atoms with E-state index in [0.29, 0.717) is 11.3 Å². The average Bonchev–Trinajstić information content (AvgIpc) is 3.20. The number of fused-ring (bicyclic) bond motifs is 1. The van der Waals surface area contributed by atoms with Crippen LogP contribution in [0.1, 0.15) is 29.9 Å². The number of aromatic nitrogens is 1. The number of hydrogen-bond acceptors (Lipinski definition) is 3. The normalized spacial score (nSPS) is 11.0. The lowest BCUT2D eigenvalue weighted by molar-refractivity contribution is 0.103. The zero-order valence-electron chi connectivity index (χ0n) is 18.7. The minimum Gasteiger partial charge on any atom is -0.378 e. The van der Waals surface area contributed by atoms with Crippen molar-refractivity contribution in [2.24, 2.45) is 0 Å². The molecule has 0 radical (unpaired) electrons. The molecule has 4 rings (SSSR count). The number of carbonyl (C=O) groups is 1. The van der Waals surface area contributed by atoms with E-state index in [2.05, 4.69) is 54.0 Å². The molecule has 0 aliphatic carbocycles. The van der Waals surface area contributed by atoms with Gasteiger partial charge in [0.1, 0.15) is 0 Å². The van der Waals surface area contributed by atoms with Crippen LogP contribution >= 0.6 is 0 Å². The summed E-state index contributed by atoms with van der Waals surface area (Å²) in [5.41, 5.74) is 6.87. The van der Waals surface area contributed by atoms with Gasteiger partial charge in [0.15, 0.2) is 0 Å². The van der Waals surface area contributed by atoms with Gasteiger partial charge in [-0.15, -0.1) is 0 Å². The van der Waals surface area contributed by atoms with Gasteiger partial charge in [0.25, 0.3) is 0 Å². The standard InChI is InChI=1S/C27H29N3O/c1-5-29(6-2)23-16-12-21(13-17-23)27(31)26-19-24(25-9-7-8-18-30(25)26)20-10-14-22(15-11-20)28(3)4/h7-19H,5-6H2,1-4H3. The monoisotopic (exact) mass is 411 g/mol. The Kier molecular flexibility index (Phi) is 5.81. The third-order valence-electron chi connectivity index (χ3n) is 5.86. The topological polar surface area (TPSA) is 28.0 Å². The van der Waals surface area contributed by atoms with Crippen molar-refractivity contribution in [2.45, 2.75) is 13.8 Å². The molecule has 0 aliphatic heterocycles. The molecule has 2 aromatic heterocycles. The fraction of sp³-hybridized carbons (Fsp3) is 0.222. The van der Waals surface area contributed by atoms with Crippen LogP contribution in [0, 0.1) is 0 Å². The van der Waals surface area contributed by atoms with Gasteiger partial charge in [0.05, 0.1) is 11.2 Å². The second kappa shape index (κ2) is 8.68. The molecule has 0 bridgehead atoms. The lowest BCUT2D eigenvalue weighted by Crippen LogP contribution is -2.21. The lowest BCUT2D eigenvalue weighted by atomic mass is 10.0. The van der Waals surface area contributed by atoms with Crippen LogP contribution in [0.5, 0.6) is 0 Å². The highest BCUT2D eigenvalue weighted by Crippen LogP contribution is 2.30. The van der Waals surface area contributed by atoms with Crippen LogP contribution in [-0.2, 0) is 0 Å². The van der Waals surface area contributed by atoms with Gasteiger partial charge in [-0.2, -0.15) is 0 Å². The maximum Gasteiger partial charge on any atom is 0.209 e. The molecule has 4 heteroatoms. The predicted molar refractivity (Wildman–Crippen MR) is 131 cm³/mol. The smallest absolute Gasteiger partial charge is 0.209 e. The summed E-state index contributed by atoms with van der Waals surface area (Å²) in [5, 5.41) is 0. The highest BCUT2D eigenvalue weighted by atomic mass is 16.1. The van der Waals surface area contributed by atoms with Crippen molar-refractivity contribution < 1.29 is 4.79 Å². The van der Waals surface area contributed by atoms with Crippen LogP contribution in [0.2, 0.25) is 0 Å². The first kappa shape index (κ1) is 20.7. The molecule has 0 spiro atoms. The molecule has 2 aromatic carbocycles. The maximum atomic E-state index is 13.4. The summed E-state index contributed by atoms with van der Waals surface area (Å²) < 4.78 is 2.00. The summed E-state index contributed by atoms with van der Waals surface area (Å²) in [4.78, 5) is 17.8. The predicted octanol–water partition coefficient (Wildman–Crippen LogP) is 5.75. The molecular weight excluding hydrogens is 382 g/mol. The molecule has 4 aromatic rings. The molecule has 0 N–H and O–H groups in total. The van der Waals surface area contributed by atoms with Crippen molar-refractivity contribution in [3.63, 3.8) is 0 Å². The Morgan fingerprint density at radius 3 is 2.10 bits per heavy atom. The molecule has 0 atom stereocenters. The highest BCUT2D eigenvalue weighted by Gasteiger charge is 2.18. The highest BCUT2D eigenvalue weighted by molar-refractivity contribution is 6.10. The Labute approximate surface area is 184 Å². The van der Waals surface area contributed by atoms with Gasteiger partial charge in [-0.1, -0.05) is 18.2 Å². The van der Waals surface area contributed by atoms with Gasteiger partial charge < -0.3 is 14.2 Å². The van der Waals surface area contributed by atoms with Crippen molar-refractivity contribution >= 4 is 22.7 Å². The van der Waals surface area contributed by atoms with Gasteiger partial charge in [-0.05, 0) is 74.0 Å². The number of ketones is 1. The Bertz CT molecular complexity index is 1180. The second-order valence-corrected chi connectivity index (χ2v) is 7.89. The van der Waals surface area contributed by atoms with Crippen molar-refractivity contribution in [3.8, 4) is 11.1 Å². The summed E-state index contributed by atoms with van der Waals surface area (Å²) in [6.45, 7) is 6.18. The molecule has 0 amide bonds. The van der Waals surface area contributed by atoms with E-state index in [9.17, 15) is 4.79 Å². The van der Waals surface area contributed by atoms with Crippen molar-refractivity contribution in [1.29, 1.82) is 0 Å². The van der Waals surface area contributed by atoms with Gasteiger partial charge in [0.2, 0.25) is 5.78 Å². The molecule has 0 unspecified atom stereocenters. The first-order valence-corrected chi connectivity index (χ1v) is 10.8.